The quantitative estimate of drug-likeness (QED) is 0.179. The molecule has 0 unspecified atom stereocenters. The van der Waals surface area contributed by atoms with Gasteiger partial charge in [0.25, 0.3) is 5.56 Å². The van der Waals surface area contributed by atoms with Gasteiger partial charge in [0, 0.05) is 10.4 Å². The number of nitrogens with zero attached hydrogens (tertiary/aromatic N) is 3. The van der Waals surface area contributed by atoms with Crippen molar-refractivity contribution in [1.82, 2.24) is 9.66 Å². The minimum Gasteiger partial charge on any atom is -0.490 e. The van der Waals surface area contributed by atoms with Gasteiger partial charge in [0.15, 0.2) is 11.5 Å². The van der Waals surface area contributed by atoms with Crippen LogP contribution in [0.2, 0.25) is 0 Å². The van der Waals surface area contributed by atoms with Gasteiger partial charge in [0.05, 0.1) is 28.2 Å². The molecular weight excluding hydrogens is 598 g/mol. The molecule has 0 aliphatic carbocycles. The van der Waals surface area contributed by atoms with Crippen LogP contribution in [-0.4, -0.2) is 22.5 Å². The number of ether oxygens (including phenoxy) is 2. The number of fused-ring (bicyclic) bond motifs is 1. The molecular formula is C29H29Br2N3O3. The fourth-order valence-electron chi connectivity index (χ4n) is 3.81. The molecule has 0 N–H and O–H groups in total. The summed E-state index contributed by atoms with van der Waals surface area (Å²) in [5, 5.41) is 5.09. The van der Waals surface area contributed by atoms with E-state index in [1.807, 2.05) is 50.2 Å². The third-order valence-electron chi connectivity index (χ3n) is 6.04. The van der Waals surface area contributed by atoms with Gasteiger partial charge in [-0.1, -0.05) is 59.6 Å². The number of hydrogen-bond acceptors (Lipinski definition) is 5. The molecule has 3 aromatic carbocycles. The Balaban J connectivity index is 1.71. The van der Waals surface area contributed by atoms with Crippen molar-refractivity contribution in [3.05, 3.63) is 96.4 Å². The minimum absolute atomic E-state index is 0.0566. The van der Waals surface area contributed by atoms with Crippen LogP contribution in [0.5, 0.6) is 11.5 Å². The molecule has 1 aromatic heterocycles. The maximum atomic E-state index is 13.4. The molecule has 192 valence electrons. The molecule has 4 rings (SSSR count). The summed E-state index contributed by atoms with van der Waals surface area (Å²) in [6, 6.07) is 17.5. The molecule has 0 bridgehead atoms. The number of benzene rings is 3. The standard InChI is InChI=1S/C29H29Br2N3O3/c1-5-19(4)28-33-25-12-11-22(30)15-23(25)29(35)34(28)32-16-21-13-24(31)27(26(14-21)36-6-2)37-17-20-9-7-18(3)8-10-20/h7-16,19H,5-6,17H2,1-4H3/t19-/m1/s1. The molecule has 6 nitrogen and oxygen atoms in total. The zero-order valence-corrected chi connectivity index (χ0v) is 24.5. The number of halogens is 2. The van der Waals surface area contributed by atoms with Gasteiger partial charge in [0.1, 0.15) is 12.4 Å². The molecule has 0 aliphatic rings. The lowest BCUT2D eigenvalue weighted by molar-refractivity contribution is 0.267. The van der Waals surface area contributed by atoms with Crippen LogP contribution < -0.4 is 15.0 Å². The van der Waals surface area contributed by atoms with Crippen LogP contribution in [0.15, 0.2) is 73.4 Å². The Morgan fingerprint density at radius 1 is 1.05 bits per heavy atom. The molecule has 1 heterocycles. The minimum atomic E-state index is -0.208. The summed E-state index contributed by atoms with van der Waals surface area (Å²) in [4.78, 5) is 18.2. The van der Waals surface area contributed by atoms with E-state index in [0.29, 0.717) is 41.4 Å². The summed E-state index contributed by atoms with van der Waals surface area (Å²) in [6.45, 7) is 8.99. The van der Waals surface area contributed by atoms with Crippen molar-refractivity contribution < 1.29 is 9.47 Å². The third-order valence-corrected chi connectivity index (χ3v) is 7.13. The maximum Gasteiger partial charge on any atom is 0.282 e. The van der Waals surface area contributed by atoms with E-state index in [4.69, 9.17) is 14.5 Å². The van der Waals surface area contributed by atoms with Gasteiger partial charge in [-0.25, -0.2) is 4.98 Å². The highest BCUT2D eigenvalue weighted by atomic mass is 79.9. The Morgan fingerprint density at radius 2 is 1.81 bits per heavy atom. The highest BCUT2D eigenvalue weighted by Gasteiger charge is 2.16. The topological polar surface area (TPSA) is 65.7 Å². The van der Waals surface area contributed by atoms with Crippen molar-refractivity contribution in [2.24, 2.45) is 5.10 Å². The van der Waals surface area contributed by atoms with Gasteiger partial charge < -0.3 is 9.47 Å². The van der Waals surface area contributed by atoms with Gasteiger partial charge in [-0.15, -0.1) is 0 Å². The molecule has 0 saturated carbocycles. The summed E-state index contributed by atoms with van der Waals surface area (Å²) in [7, 11) is 0. The summed E-state index contributed by atoms with van der Waals surface area (Å²) in [6.07, 6.45) is 2.48. The zero-order valence-electron chi connectivity index (χ0n) is 21.3. The zero-order chi connectivity index (χ0) is 26.5. The smallest absolute Gasteiger partial charge is 0.282 e. The predicted octanol–water partition coefficient (Wildman–Crippen LogP) is 7.60. The number of aryl methyl sites for hydroxylation is 1. The van der Waals surface area contributed by atoms with Crippen LogP contribution >= 0.6 is 31.9 Å². The third kappa shape index (κ3) is 6.30. The van der Waals surface area contributed by atoms with E-state index in [2.05, 4.69) is 62.9 Å². The first-order chi connectivity index (χ1) is 17.8. The highest BCUT2D eigenvalue weighted by Crippen LogP contribution is 2.37. The van der Waals surface area contributed by atoms with Crippen LogP contribution in [0.3, 0.4) is 0 Å². The van der Waals surface area contributed by atoms with E-state index in [1.165, 1.54) is 10.2 Å². The first-order valence-corrected chi connectivity index (χ1v) is 13.8. The van der Waals surface area contributed by atoms with Crippen molar-refractivity contribution in [3.8, 4) is 11.5 Å². The SMILES string of the molecule is CCOc1cc(C=Nn2c([C@H](C)CC)nc3ccc(Br)cc3c2=O)cc(Br)c1OCc1ccc(C)cc1. The molecule has 1 atom stereocenters. The van der Waals surface area contributed by atoms with Crippen LogP contribution in [0.4, 0.5) is 0 Å². The highest BCUT2D eigenvalue weighted by molar-refractivity contribution is 9.10. The van der Waals surface area contributed by atoms with E-state index in [9.17, 15) is 4.79 Å². The number of aromatic nitrogens is 2. The molecule has 0 aliphatic heterocycles. The van der Waals surface area contributed by atoms with Crippen LogP contribution in [0, 0.1) is 6.92 Å². The van der Waals surface area contributed by atoms with Gasteiger partial charge >= 0.3 is 0 Å². The molecule has 0 radical (unpaired) electrons. The lowest BCUT2D eigenvalue weighted by Gasteiger charge is -2.15. The Kier molecular flexibility index (Phi) is 8.82. The van der Waals surface area contributed by atoms with Crippen molar-refractivity contribution >= 4 is 49.0 Å². The Morgan fingerprint density at radius 3 is 2.51 bits per heavy atom. The second kappa shape index (κ2) is 12.0. The number of rotatable bonds is 9. The second-order valence-electron chi connectivity index (χ2n) is 8.84. The number of hydrogen-bond donors (Lipinski definition) is 0. The fraction of sp³-hybridized carbons (Fsp3) is 0.276. The monoisotopic (exact) mass is 625 g/mol. The van der Waals surface area contributed by atoms with E-state index in [1.54, 1.807) is 12.3 Å². The van der Waals surface area contributed by atoms with Gasteiger partial charge in [0.2, 0.25) is 0 Å². The first-order valence-electron chi connectivity index (χ1n) is 12.2. The van der Waals surface area contributed by atoms with Crippen LogP contribution in [0.25, 0.3) is 10.9 Å². The average Bonchev–Trinajstić information content (AvgIpc) is 2.88. The molecule has 37 heavy (non-hydrogen) atoms. The largest absolute Gasteiger partial charge is 0.490 e. The lowest BCUT2D eigenvalue weighted by Crippen LogP contribution is -2.23. The first kappa shape index (κ1) is 27.1. The predicted molar refractivity (Wildman–Crippen MR) is 156 cm³/mol. The van der Waals surface area contributed by atoms with Crippen LogP contribution in [0.1, 0.15) is 55.6 Å². The molecule has 0 saturated heterocycles. The molecule has 4 aromatic rings. The summed E-state index contributed by atoms with van der Waals surface area (Å²) >= 11 is 7.08. The Hall–Kier alpha value is -2.97. The summed E-state index contributed by atoms with van der Waals surface area (Å²) in [5.74, 6) is 1.90. The van der Waals surface area contributed by atoms with Crippen molar-refractivity contribution in [1.29, 1.82) is 0 Å². The van der Waals surface area contributed by atoms with Gasteiger partial charge in [-0.2, -0.15) is 9.78 Å². The van der Waals surface area contributed by atoms with Crippen LogP contribution in [-0.2, 0) is 6.61 Å². The fourth-order valence-corrected chi connectivity index (χ4v) is 4.74. The van der Waals surface area contributed by atoms with Crippen molar-refractivity contribution in [2.75, 3.05) is 6.61 Å². The van der Waals surface area contributed by atoms with Gasteiger partial charge in [-0.05, 0) is 77.7 Å². The molecule has 0 amide bonds. The summed E-state index contributed by atoms with van der Waals surface area (Å²) in [5.41, 5.74) is 3.48. The lowest BCUT2D eigenvalue weighted by atomic mass is 10.1. The van der Waals surface area contributed by atoms with Gasteiger partial charge in [-0.3, -0.25) is 4.79 Å². The van der Waals surface area contributed by atoms with E-state index < -0.39 is 0 Å². The molecule has 0 spiro atoms. The maximum absolute atomic E-state index is 13.4. The van der Waals surface area contributed by atoms with E-state index in [-0.39, 0.29) is 11.5 Å². The van der Waals surface area contributed by atoms with Crippen molar-refractivity contribution in [2.45, 2.75) is 46.6 Å². The molecule has 8 heteroatoms. The Labute approximate surface area is 233 Å². The normalized spacial score (nSPS) is 12.3. The second-order valence-corrected chi connectivity index (χ2v) is 10.6. The Bertz CT molecular complexity index is 1500. The summed E-state index contributed by atoms with van der Waals surface area (Å²) < 4.78 is 15.0. The van der Waals surface area contributed by atoms with E-state index in [0.717, 1.165) is 26.5 Å². The molecule has 0 fully saturated rings. The van der Waals surface area contributed by atoms with E-state index >= 15 is 0 Å². The average molecular weight is 627 g/mol. The van der Waals surface area contributed by atoms with Crippen molar-refractivity contribution in [3.63, 3.8) is 0 Å².